The lowest BCUT2D eigenvalue weighted by atomic mass is 10.5. The van der Waals surface area contributed by atoms with Gasteiger partial charge in [0.05, 0.1) is 19.8 Å². The van der Waals surface area contributed by atoms with Gasteiger partial charge in [-0.15, -0.1) is 0 Å². The summed E-state index contributed by atoms with van der Waals surface area (Å²) < 4.78 is 0. The summed E-state index contributed by atoms with van der Waals surface area (Å²) in [5, 5.41) is 26.6. The Morgan fingerprint density at radius 1 is 0.733 bits per heavy atom. The summed E-state index contributed by atoms with van der Waals surface area (Å²) in [5.74, 6) is 4.33. The van der Waals surface area contributed by atoms with E-state index in [2.05, 4.69) is 0 Å². The van der Waals surface area contributed by atoms with Crippen molar-refractivity contribution >= 4 is 35.3 Å². The van der Waals surface area contributed by atoms with Crippen LogP contribution in [0.1, 0.15) is 0 Å². The Morgan fingerprint density at radius 2 is 1.20 bits per heavy atom. The zero-order chi connectivity index (χ0) is 11.4. The Kier molecular flexibility index (Phi) is 13.8. The first-order valence-electron chi connectivity index (χ1n) is 4.94. The summed E-state index contributed by atoms with van der Waals surface area (Å²) >= 11 is 5.25. The van der Waals surface area contributed by atoms with Crippen molar-refractivity contribution in [2.75, 3.05) is 48.6 Å². The van der Waals surface area contributed by atoms with Gasteiger partial charge in [0.2, 0.25) is 0 Å². The van der Waals surface area contributed by atoms with Crippen LogP contribution in [0.5, 0.6) is 0 Å². The largest absolute Gasteiger partial charge is 0.396 e. The first-order valence-corrected chi connectivity index (χ1v) is 8.30. The number of thioether (sulfide) groups is 3. The molecule has 0 heterocycles. The molecule has 15 heavy (non-hydrogen) atoms. The molecule has 0 aliphatic heterocycles. The quantitative estimate of drug-likeness (QED) is 0.477. The molecular weight excluding hydrogens is 252 g/mol. The number of hydrogen-bond donors (Lipinski definition) is 3. The van der Waals surface area contributed by atoms with Crippen molar-refractivity contribution in [1.29, 1.82) is 0 Å². The van der Waals surface area contributed by atoms with Crippen molar-refractivity contribution < 1.29 is 15.3 Å². The highest BCUT2D eigenvalue weighted by Crippen LogP contribution is 2.20. The maximum absolute atomic E-state index is 8.74. The topological polar surface area (TPSA) is 60.7 Å². The molecule has 0 unspecified atom stereocenters. The van der Waals surface area contributed by atoms with Crippen LogP contribution in [0.4, 0.5) is 0 Å². The lowest BCUT2D eigenvalue weighted by molar-refractivity contribution is 0.322. The molecule has 0 aliphatic rings. The Labute approximate surface area is 104 Å². The predicted octanol–water partition coefficient (Wildman–Crippen LogP) is 0.531. The average Bonchev–Trinajstić information content (AvgIpc) is 2.25. The van der Waals surface area contributed by atoms with E-state index < -0.39 is 0 Å². The van der Waals surface area contributed by atoms with E-state index in [4.69, 9.17) is 15.3 Å². The first kappa shape index (κ1) is 15.9. The molecule has 0 amide bonds. The summed E-state index contributed by atoms with van der Waals surface area (Å²) in [4.78, 5) is 0. The average molecular weight is 272 g/mol. The van der Waals surface area contributed by atoms with Crippen LogP contribution in [-0.4, -0.2) is 69.2 Å². The van der Waals surface area contributed by atoms with Crippen molar-refractivity contribution in [3.8, 4) is 0 Å². The third-order valence-corrected chi connectivity index (χ3v) is 5.39. The zero-order valence-corrected chi connectivity index (χ0v) is 11.3. The Balaban J connectivity index is 3.53. The van der Waals surface area contributed by atoms with Gasteiger partial charge in [0, 0.05) is 34.0 Å². The van der Waals surface area contributed by atoms with Crippen LogP contribution in [0, 0.1) is 0 Å². The van der Waals surface area contributed by atoms with E-state index in [1.54, 1.807) is 35.3 Å². The van der Waals surface area contributed by atoms with Crippen molar-refractivity contribution in [2.45, 2.75) is 5.25 Å². The Morgan fingerprint density at radius 3 is 1.60 bits per heavy atom. The lowest BCUT2D eigenvalue weighted by Crippen LogP contribution is -2.13. The van der Waals surface area contributed by atoms with E-state index in [9.17, 15) is 0 Å². The van der Waals surface area contributed by atoms with Gasteiger partial charge >= 0.3 is 0 Å². The fourth-order valence-electron chi connectivity index (χ4n) is 0.922. The molecule has 0 radical (unpaired) electrons. The van der Waals surface area contributed by atoms with Gasteiger partial charge in [-0.3, -0.25) is 0 Å². The summed E-state index contributed by atoms with van der Waals surface area (Å²) in [6.07, 6.45) is 0. The third-order valence-electron chi connectivity index (χ3n) is 1.52. The molecule has 0 aromatic heterocycles. The minimum absolute atomic E-state index is 0.219. The molecule has 3 nitrogen and oxygen atoms in total. The van der Waals surface area contributed by atoms with Crippen LogP contribution >= 0.6 is 35.3 Å². The highest BCUT2D eigenvalue weighted by Gasteiger charge is 2.08. The molecule has 0 rings (SSSR count). The molecule has 3 N–H and O–H groups in total. The van der Waals surface area contributed by atoms with Gasteiger partial charge in [-0.1, -0.05) is 0 Å². The van der Waals surface area contributed by atoms with E-state index in [-0.39, 0.29) is 19.8 Å². The fraction of sp³-hybridized carbons (Fsp3) is 1.00. The van der Waals surface area contributed by atoms with Gasteiger partial charge in [-0.2, -0.15) is 35.3 Å². The van der Waals surface area contributed by atoms with Gasteiger partial charge in [0.25, 0.3) is 0 Å². The zero-order valence-electron chi connectivity index (χ0n) is 8.80. The number of rotatable bonds is 11. The van der Waals surface area contributed by atoms with Gasteiger partial charge in [-0.25, -0.2) is 0 Å². The summed E-state index contributed by atoms with van der Waals surface area (Å²) in [7, 11) is 0. The molecule has 0 saturated carbocycles. The molecule has 6 heteroatoms. The van der Waals surface area contributed by atoms with E-state index in [0.29, 0.717) is 5.25 Å². The van der Waals surface area contributed by atoms with E-state index >= 15 is 0 Å². The molecule has 0 fully saturated rings. The monoisotopic (exact) mass is 272 g/mol. The van der Waals surface area contributed by atoms with Crippen molar-refractivity contribution in [1.82, 2.24) is 0 Å². The molecule has 0 spiro atoms. The Hall–Kier alpha value is 0.930. The van der Waals surface area contributed by atoms with Gasteiger partial charge in [0.15, 0.2) is 0 Å². The summed E-state index contributed by atoms with van der Waals surface area (Å²) in [6, 6.07) is 0. The van der Waals surface area contributed by atoms with Crippen molar-refractivity contribution in [2.24, 2.45) is 0 Å². The van der Waals surface area contributed by atoms with Gasteiger partial charge in [0.1, 0.15) is 0 Å². The van der Waals surface area contributed by atoms with Crippen LogP contribution in [0.2, 0.25) is 0 Å². The third kappa shape index (κ3) is 11.2. The maximum Gasteiger partial charge on any atom is 0.0521 e. The highest BCUT2D eigenvalue weighted by atomic mass is 32.2. The molecule has 92 valence electrons. The second-order valence-corrected chi connectivity index (χ2v) is 6.52. The molecule has 0 aromatic rings. The van der Waals surface area contributed by atoms with Crippen molar-refractivity contribution in [3.63, 3.8) is 0 Å². The molecule has 0 saturated heterocycles. The van der Waals surface area contributed by atoms with Gasteiger partial charge in [-0.05, 0) is 0 Å². The molecule has 0 aromatic carbocycles. The van der Waals surface area contributed by atoms with E-state index in [1.807, 2.05) is 0 Å². The van der Waals surface area contributed by atoms with Gasteiger partial charge < -0.3 is 15.3 Å². The molecule has 0 bridgehead atoms. The number of aliphatic hydroxyl groups is 3. The second kappa shape index (κ2) is 13.0. The van der Waals surface area contributed by atoms with Crippen molar-refractivity contribution in [3.05, 3.63) is 0 Å². The van der Waals surface area contributed by atoms with E-state index in [0.717, 1.165) is 28.8 Å². The first-order chi connectivity index (χ1) is 7.35. The fourth-order valence-corrected chi connectivity index (χ4v) is 4.21. The van der Waals surface area contributed by atoms with Crippen LogP contribution < -0.4 is 0 Å². The summed E-state index contributed by atoms with van der Waals surface area (Å²) in [6.45, 7) is 0.675. The Bertz CT molecular complexity index is 117. The molecular formula is C9H20O3S3. The summed E-state index contributed by atoms with van der Waals surface area (Å²) in [5.41, 5.74) is 0. The number of aliphatic hydroxyl groups excluding tert-OH is 3. The molecule has 0 aliphatic carbocycles. The maximum atomic E-state index is 8.74. The second-order valence-electron chi connectivity index (χ2n) is 2.81. The van der Waals surface area contributed by atoms with E-state index in [1.165, 1.54) is 0 Å². The molecule has 0 atom stereocenters. The van der Waals surface area contributed by atoms with Crippen LogP contribution in [0.3, 0.4) is 0 Å². The van der Waals surface area contributed by atoms with Crippen LogP contribution in [0.25, 0.3) is 0 Å². The van der Waals surface area contributed by atoms with Crippen LogP contribution in [0.15, 0.2) is 0 Å². The number of hydrogen-bond acceptors (Lipinski definition) is 6. The smallest absolute Gasteiger partial charge is 0.0521 e. The SMILES string of the molecule is OCCSCC(CSCCO)SCCO. The minimum Gasteiger partial charge on any atom is -0.396 e. The van der Waals surface area contributed by atoms with Crippen LogP contribution in [-0.2, 0) is 0 Å². The predicted molar refractivity (Wildman–Crippen MR) is 72.2 cm³/mol. The highest BCUT2D eigenvalue weighted by molar-refractivity contribution is 8.05. The standard InChI is InChI=1S/C9H20O3S3/c10-1-4-13-7-9(15-6-3-12)8-14-5-2-11/h9-12H,1-8H2. The normalized spacial score (nSPS) is 11.2. The minimum atomic E-state index is 0.219. The lowest BCUT2D eigenvalue weighted by Gasteiger charge is -2.14.